The first-order chi connectivity index (χ1) is 9.88. The number of carbonyl (C=O) groups excluding carboxylic acids is 1. The molecular formula is C14H26N2O4S. The van der Waals surface area contributed by atoms with Crippen LogP contribution in [0.3, 0.4) is 0 Å². The number of nitrogens with zero attached hydrogens (tertiary/aromatic N) is 2. The maximum absolute atomic E-state index is 12.0. The second kappa shape index (κ2) is 6.52. The Morgan fingerprint density at radius 1 is 1.24 bits per heavy atom. The van der Waals surface area contributed by atoms with Gasteiger partial charge in [-0.05, 0) is 42.0 Å². The van der Waals surface area contributed by atoms with E-state index < -0.39 is 16.1 Å². The largest absolute Gasteiger partial charge is 0.429 e. The molecule has 1 saturated carbocycles. The number of rotatable bonds is 5. The Bertz CT molecular complexity index is 463. The van der Waals surface area contributed by atoms with Crippen LogP contribution in [0.5, 0.6) is 0 Å². The van der Waals surface area contributed by atoms with Gasteiger partial charge in [0.05, 0.1) is 5.75 Å². The van der Waals surface area contributed by atoms with Gasteiger partial charge in [-0.1, -0.05) is 19.8 Å². The zero-order chi connectivity index (χ0) is 15.5. The van der Waals surface area contributed by atoms with Crippen LogP contribution in [0, 0.1) is 5.41 Å². The predicted octanol–water partition coefficient (Wildman–Crippen LogP) is 2.37. The molecule has 0 aromatic heterocycles. The van der Waals surface area contributed by atoms with Gasteiger partial charge >= 0.3 is 6.09 Å². The predicted molar refractivity (Wildman–Crippen MR) is 80.0 cm³/mol. The summed E-state index contributed by atoms with van der Waals surface area (Å²) in [4.78, 5) is 18.7. The second-order valence-corrected chi connectivity index (χ2v) is 8.36. The normalized spacial score (nSPS) is 21.4. The molecule has 122 valence electrons. The highest BCUT2D eigenvalue weighted by molar-refractivity contribution is 7.88. The first kappa shape index (κ1) is 16.5. The third-order valence-electron chi connectivity index (χ3n) is 4.85. The first-order valence-electron chi connectivity index (χ1n) is 7.82. The van der Waals surface area contributed by atoms with Crippen molar-refractivity contribution >= 4 is 16.1 Å². The smallest absolute Gasteiger partial charge is 0.336 e. The van der Waals surface area contributed by atoms with Crippen LogP contribution < -0.4 is 0 Å². The molecule has 2 fully saturated rings. The number of unbranched alkanes of at least 4 members (excludes halogenated alkanes) is 1. The standard InChI is InChI=1S/C14H26N2O4S/c1-3-4-12-21(18,19)15(2)20-13(17)16-10-8-14(9-11-16)6-5-7-14/h3-12H2,1-2H3. The number of carbonyl (C=O) groups is 1. The number of piperidine rings is 1. The van der Waals surface area contributed by atoms with Crippen molar-refractivity contribution < 1.29 is 18.0 Å². The number of hydrogen-bond donors (Lipinski definition) is 0. The number of hydroxylamine groups is 1. The molecule has 2 rings (SSSR count). The van der Waals surface area contributed by atoms with Gasteiger partial charge in [0, 0.05) is 20.1 Å². The lowest BCUT2D eigenvalue weighted by molar-refractivity contribution is -0.0388. The molecule has 1 heterocycles. The number of hydrogen-bond acceptors (Lipinski definition) is 4. The van der Waals surface area contributed by atoms with E-state index in [9.17, 15) is 13.2 Å². The van der Waals surface area contributed by atoms with E-state index in [0.29, 0.717) is 24.9 Å². The summed E-state index contributed by atoms with van der Waals surface area (Å²) in [5.41, 5.74) is 0.454. The molecule has 0 N–H and O–H groups in total. The van der Waals surface area contributed by atoms with Crippen LogP contribution in [-0.2, 0) is 14.9 Å². The molecule has 1 aliphatic carbocycles. The Kier molecular flexibility index (Phi) is 5.14. The Morgan fingerprint density at radius 3 is 2.33 bits per heavy atom. The monoisotopic (exact) mass is 318 g/mol. The van der Waals surface area contributed by atoms with Crippen LogP contribution in [0.2, 0.25) is 0 Å². The van der Waals surface area contributed by atoms with Crippen molar-refractivity contribution in [2.45, 2.75) is 51.9 Å². The van der Waals surface area contributed by atoms with Crippen molar-refractivity contribution in [3.05, 3.63) is 0 Å². The molecule has 1 spiro atoms. The second-order valence-electron chi connectivity index (χ2n) is 6.28. The van der Waals surface area contributed by atoms with Crippen molar-refractivity contribution in [1.82, 2.24) is 9.37 Å². The molecule has 6 nitrogen and oxygen atoms in total. The van der Waals surface area contributed by atoms with Crippen molar-refractivity contribution in [2.24, 2.45) is 5.41 Å². The number of sulfonamides is 1. The highest BCUT2D eigenvalue weighted by atomic mass is 32.2. The van der Waals surface area contributed by atoms with E-state index in [1.807, 2.05) is 6.92 Å². The molecular weight excluding hydrogens is 292 g/mol. The van der Waals surface area contributed by atoms with Crippen molar-refractivity contribution in [3.8, 4) is 0 Å². The molecule has 2 aliphatic rings. The summed E-state index contributed by atoms with van der Waals surface area (Å²) in [5.74, 6) is 0.0103. The van der Waals surface area contributed by atoms with E-state index in [0.717, 1.165) is 23.7 Å². The summed E-state index contributed by atoms with van der Waals surface area (Å²) < 4.78 is 24.5. The van der Waals surface area contributed by atoms with Crippen molar-refractivity contribution in [1.29, 1.82) is 0 Å². The lowest BCUT2D eigenvalue weighted by Gasteiger charge is -2.47. The van der Waals surface area contributed by atoms with Gasteiger partial charge in [-0.2, -0.15) is 0 Å². The quantitative estimate of drug-likeness (QED) is 0.730. The van der Waals surface area contributed by atoms with E-state index in [2.05, 4.69) is 0 Å². The van der Waals surface area contributed by atoms with E-state index in [1.165, 1.54) is 26.3 Å². The van der Waals surface area contributed by atoms with Gasteiger partial charge in [0.1, 0.15) is 0 Å². The third-order valence-corrected chi connectivity index (χ3v) is 6.51. The van der Waals surface area contributed by atoms with Crippen LogP contribution in [-0.4, -0.2) is 49.8 Å². The van der Waals surface area contributed by atoms with E-state index in [1.54, 1.807) is 4.90 Å². The van der Waals surface area contributed by atoms with Gasteiger partial charge in [-0.3, -0.25) is 0 Å². The Morgan fingerprint density at radius 2 is 1.86 bits per heavy atom. The molecule has 0 bridgehead atoms. The van der Waals surface area contributed by atoms with Crippen molar-refractivity contribution in [3.63, 3.8) is 0 Å². The van der Waals surface area contributed by atoms with Crippen LogP contribution in [0.1, 0.15) is 51.9 Å². The lowest BCUT2D eigenvalue weighted by Crippen LogP contribution is -2.47. The summed E-state index contributed by atoms with van der Waals surface area (Å²) in [5, 5.41) is 0. The average Bonchev–Trinajstić information content (AvgIpc) is 2.43. The van der Waals surface area contributed by atoms with Crippen LogP contribution in [0.25, 0.3) is 0 Å². The third kappa shape index (κ3) is 3.88. The minimum Gasteiger partial charge on any atom is -0.336 e. The van der Waals surface area contributed by atoms with Gasteiger partial charge in [-0.15, -0.1) is 0 Å². The molecule has 0 aromatic rings. The fraction of sp³-hybridized carbons (Fsp3) is 0.929. The highest BCUT2D eigenvalue weighted by Crippen LogP contribution is 2.48. The summed E-state index contributed by atoms with van der Waals surface area (Å²) in [6, 6.07) is 0. The average molecular weight is 318 g/mol. The van der Waals surface area contributed by atoms with E-state index in [-0.39, 0.29) is 5.75 Å². The zero-order valence-electron chi connectivity index (χ0n) is 13.0. The summed E-state index contributed by atoms with van der Waals surface area (Å²) in [7, 11) is -2.22. The van der Waals surface area contributed by atoms with Gasteiger partial charge < -0.3 is 9.74 Å². The molecule has 21 heavy (non-hydrogen) atoms. The minimum absolute atomic E-state index is 0.0103. The van der Waals surface area contributed by atoms with Gasteiger partial charge in [0.25, 0.3) is 0 Å². The lowest BCUT2D eigenvalue weighted by atomic mass is 9.63. The topological polar surface area (TPSA) is 66.9 Å². The number of likely N-dealkylation sites (tertiary alicyclic amines) is 1. The fourth-order valence-corrected chi connectivity index (χ4v) is 4.11. The van der Waals surface area contributed by atoms with Crippen LogP contribution in [0.4, 0.5) is 4.79 Å². The van der Waals surface area contributed by atoms with Gasteiger partial charge in [0.15, 0.2) is 0 Å². The molecule has 0 aromatic carbocycles. The van der Waals surface area contributed by atoms with Crippen molar-refractivity contribution in [2.75, 3.05) is 25.9 Å². The molecule has 1 amide bonds. The van der Waals surface area contributed by atoms with Gasteiger partial charge in [-0.25, -0.2) is 13.2 Å². The Balaban J connectivity index is 1.81. The van der Waals surface area contributed by atoms with E-state index >= 15 is 0 Å². The molecule has 0 radical (unpaired) electrons. The molecule has 1 saturated heterocycles. The molecule has 0 atom stereocenters. The Labute approximate surface area is 127 Å². The summed E-state index contributed by atoms with van der Waals surface area (Å²) in [6.45, 7) is 3.26. The van der Waals surface area contributed by atoms with Crippen LogP contribution in [0.15, 0.2) is 0 Å². The van der Waals surface area contributed by atoms with Gasteiger partial charge in [0.2, 0.25) is 10.0 Å². The Hall–Kier alpha value is -0.820. The van der Waals surface area contributed by atoms with E-state index in [4.69, 9.17) is 4.84 Å². The molecule has 1 aliphatic heterocycles. The molecule has 0 unspecified atom stereocenters. The molecule has 7 heteroatoms. The summed E-state index contributed by atoms with van der Waals surface area (Å²) >= 11 is 0. The SMILES string of the molecule is CCCCS(=O)(=O)N(C)OC(=O)N1CCC2(CCC2)CC1. The first-order valence-corrected chi connectivity index (χ1v) is 9.43. The van der Waals surface area contributed by atoms with Crippen LogP contribution >= 0.6 is 0 Å². The highest BCUT2D eigenvalue weighted by Gasteiger charge is 2.41. The number of amides is 1. The minimum atomic E-state index is -3.51. The maximum Gasteiger partial charge on any atom is 0.429 e. The zero-order valence-corrected chi connectivity index (χ0v) is 13.8. The fourth-order valence-electron chi connectivity index (χ4n) is 3.02. The summed E-state index contributed by atoms with van der Waals surface area (Å²) in [6.07, 6.45) is 6.64. The maximum atomic E-state index is 12.0.